The van der Waals surface area contributed by atoms with Gasteiger partial charge in [0, 0.05) is 23.2 Å². The van der Waals surface area contributed by atoms with Gasteiger partial charge in [0.25, 0.3) is 15.9 Å². The fraction of sp³-hybridized carbons (Fsp3) is 0.0667. The lowest BCUT2D eigenvalue weighted by Gasteiger charge is -2.08. The Hall–Kier alpha value is -2.38. The first-order valence-electron chi connectivity index (χ1n) is 6.48. The monoisotopic (exact) mass is 352 g/mol. The van der Waals surface area contributed by atoms with Gasteiger partial charge >= 0.3 is 0 Å². The van der Waals surface area contributed by atoms with E-state index >= 15 is 0 Å². The molecule has 0 saturated carbocycles. The number of rotatable bonds is 4. The number of carbonyl (C=O) groups is 2. The third kappa shape index (κ3) is 4.54. The molecule has 0 aliphatic rings. The quantitative estimate of drug-likeness (QED) is 0.883. The average molecular weight is 353 g/mol. The summed E-state index contributed by atoms with van der Waals surface area (Å²) in [7, 11) is -4.01. The molecule has 2 N–H and O–H groups in total. The van der Waals surface area contributed by atoms with Crippen molar-refractivity contribution >= 4 is 39.1 Å². The summed E-state index contributed by atoms with van der Waals surface area (Å²) in [6, 6.07) is 11.3. The number of anilines is 1. The number of nitrogens with one attached hydrogen (secondary N) is 2. The molecule has 2 rings (SSSR count). The predicted molar refractivity (Wildman–Crippen MR) is 86.8 cm³/mol. The molecule has 23 heavy (non-hydrogen) atoms. The highest BCUT2D eigenvalue weighted by Crippen LogP contribution is 2.15. The van der Waals surface area contributed by atoms with E-state index in [2.05, 4.69) is 5.32 Å². The third-order valence-corrected chi connectivity index (χ3v) is 4.42. The molecule has 2 aromatic carbocycles. The fourth-order valence-corrected chi connectivity index (χ4v) is 2.86. The normalized spacial score (nSPS) is 10.9. The first-order chi connectivity index (χ1) is 10.8. The van der Waals surface area contributed by atoms with Crippen LogP contribution in [0.15, 0.2) is 53.4 Å². The van der Waals surface area contributed by atoms with Crippen molar-refractivity contribution in [2.45, 2.75) is 11.8 Å². The lowest BCUT2D eigenvalue weighted by molar-refractivity contribution is -0.114. The minimum absolute atomic E-state index is 0.0890. The van der Waals surface area contributed by atoms with Gasteiger partial charge in [0.15, 0.2) is 0 Å². The summed E-state index contributed by atoms with van der Waals surface area (Å²) in [5.41, 5.74) is 0.633. The lowest BCUT2D eigenvalue weighted by atomic mass is 10.2. The number of benzene rings is 2. The summed E-state index contributed by atoms with van der Waals surface area (Å²) in [6.45, 7) is 1.34. The van der Waals surface area contributed by atoms with Gasteiger partial charge in [-0.05, 0) is 48.5 Å². The molecule has 2 aromatic rings. The van der Waals surface area contributed by atoms with Gasteiger partial charge in [-0.2, -0.15) is 0 Å². The van der Waals surface area contributed by atoms with Gasteiger partial charge in [0.1, 0.15) is 0 Å². The van der Waals surface area contributed by atoms with Crippen molar-refractivity contribution in [2.75, 3.05) is 5.32 Å². The summed E-state index contributed by atoms with van der Waals surface area (Å²) in [5, 5.41) is 2.96. The Bertz CT molecular complexity index is 831. The van der Waals surface area contributed by atoms with Crippen molar-refractivity contribution in [2.24, 2.45) is 0 Å². The largest absolute Gasteiger partial charge is 0.326 e. The lowest BCUT2D eigenvalue weighted by Crippen LogP contribution is -2.30. The summed E-state index contributed by atoms with van der Waals surface area (Å²) >= 11 is 5.72. The molecule has 0 aliphatic heterocycles. The third-order valence-electron chi connectivity index (χ3n) is 2.82. The number of amides is 2. The predicted octanol–water partition coefficient (Wildman–Crippen LogP) is 2.42. The highest BCUT2D eigenvalue weighted by Gasteiger charge is 2.18. The number of carbonyl (C=O) groups excluding carboxylic acids is 2. The minimum Gasteiger partial charge on any atom is -0.326 e. The van der Waals surface area contributed by atoms with E-state index in [-0.39, 0.29) is 16.4 Å². The molecule has 0 radical (unpaired) electrons. The second-order valence-corrected chi connectivity index (χ2v) is 6.77. The Balaban J connectivity index is 2.16. The van der Waals surface area contributed by atoms with E-state index in [0.29, 0.717) is 10.7 Å². The first-order valence-corrected chi connectivity index (χ1v) is 8.34. The highest BCUT2D eigenvalue weighted by molar-refractivity contribution is 7.90. The maximum Gasteiger partial charge on any atom is 0.264 e. The van der Waals surface area contributed by atoms with E-state index in [4.69, 9.17) is 11.6 Å². The standard InChI is InChI=1S/C15H13ClN2O4S/c1-10(19)17-13-6-8-14(9-7-13)23(21,22)18-15(20)11-2-4-12(16)5-3-11/h2-9H,1H3,(H,17,19)(H,18,20). The molecule has 6 nitrogen and oxygen atoms in total. The summed E-state index contributed by atoms with van der Waals surface area (Å²) in [5.74, 6) is -1.02. The molecule has 0 aliphatic carbocycles. The molecule has 0 atom stereocenters. The van der Waals surface area contributed by atoms with Crippen molar-refractivity contribution < 1.29 is 18.0 Å². The highest BCUT2D eigenvalue weighted by atomic mass is 35.5. The molecule has 8 heteroatoms. The van der Waals surface area contributed by atoms with Gasteiger partial charge in [-0.1, -0.05) is 11.6 Å². The molecule has 0 bridgehead atoms. The molecule has 0 unspecified atom stereocenters. The van der Waals surface area contributed by atoms with Crippen LogP contribution < -0.4 is 10.0 Å². The van der Waals surface area contributed by atoms with Crippen molar-refractivity contribution in [3.8, 4) is 0 Å². The van der Waals surface area contributed by atoms with Crippen LogP contribution in [0.25, 0.3) is 0 Å². The number of halogens is 1. The maximum absolute atomic E-state index is 12.2. The van der Waals surface area contributed by atoms with E-state index in [1.165, 1.54) is 55.5 Å². The minimum atomic E-state index is -4.01. The SMILES string of the molecule is CC(=O)Nc1ccc(S(=O)(=O)NC(=O)c2ccc(Cl)cc2)cc1. The van der Waals surface area contributed by atoms with Gasteiger partial charge in [-0.25, -0.2) is 13.1 Å². The molecule has 0 fully saturated rings. The summed E-state index contributed by atoms with van der Waals surface area (Å²) < 4.78 is 26.3. The second-order valence-electron chi connectivity index (χ2n) is 4.65. The van der Waals surface area contributed by atoms with Gasteiger partial charge in [0.05, 0.1) is 4.90 Å². The van der Waals surface area contributed by atoms with Crippen LogP contribution >= 0.6 is 11.6 Å². The number of sulfonamides is 1. The zero-order chi connectivity index (χ0) is 17.0. The smallest absolute Gasteiger partial charge is 0.264 e. The van der Waals surface area contributed by atoms with Crippen molar-refractivity contribution in [3.63, 3.8) is 0 Å². The zero-order valence-electron chi connectivity index (χ0n) is 12.0. The van der Waals surface area contributed by atoms with Crippen LogP contribution in [0.3, 0.4) is 0 Å². The Labute approximate surface area is 138 Å². The topological polar surface area (TPSA) is 92.3 Å². The van der Waals surface area contributed by atoms with Crippen LogP contribution in [0.2, 0.25) is 5.02 Å². The van der Waals surface area contributed by atoms with Crippen LogP contribution in [0.4, 0.5) is 5.69 Å². The molecule has 0 aromatic heterocycles. The molecular formula is C15H13ClN2O4S. The molecule has 2 amide bonds. The van der Waals surface area contributed by atoms with Crippen LogP contribution in [0, 0.1) is 0 Å². The average Bonchev–Trinajstić information content (AvgIpc) is 2.47. The Kier molecular flexibility index (Phi) is 5.02. The first kappa shape index (κ1) is 17.0. The maximum atomic E-state index is 12.2. The van der Waals surface area contributed by atoms with Crippen molar-refractivity contribution in [3.05, 3.63) is 59.1 Å². The van der Waals surface area contributed by atoms with E-state index in [1.54, 1.807) is 0 Å². The summed E-state index contributed by atoms with van der Waals surface area (Å²) in [6.07, 6.45) is 0. The zero-order valence-corrected chi connectivity index (χ0v) is 13.6. The van der Waals surface area contributed by atoms with Gasteiger partial charge in [-0.15, -0.1) is 0 Å². The van der Waals surface area contributed by atoms with E-state index < -0.39 is 15.9 Å². The van der Waals surface area contributed by atoms with Crippen LogP contribution in [0.5, 0.6) is 0 Å². The Morgan fingerprint density at radius 2 is 1.52 bits per heavy atom. The van der Waals surface area contributed by atoms with Gasteiger partial charge in [0.2, 0.25) is 5.91 Å². The number of hydrogen-bond acceptors (Lipinski definition) is 4. The molecule has 120 valence electrons. The van der Waals surface area contributed by atoms with Crippen LogP contribution in [-0.4, -0.2) is 20.2 Å². The van der Waals surface area contributed by atoms with Gasteiger partial charge in [-0.3, -0.25) is 9.59 Å². The Morgan fingerprint density at radius 1 is 0.957 bits per heavy atom. The van der Waals surface area contributed by atoms with E-state index in [0.717, 1.165) is 0 Å². The molecular weight excluding hydrogens is 340 g/mol. The van der Waals surface area contributed by atoms with E-state index in [1.807, 2.05) is 4.72 Å². The molecule has 0 spiro atoms. The van der Waals surface area contributed by atoms with Crippen LogP contribution in [0.1, 0.15) is 17.3 Å². The second kappa shape index (κ2) is 6.80. The number of hydrogen-bond donors (Lipinski definition) is 2. The fourth-order valence-electron chi connectivity index (χ4n) is 1.76. The van der Waals surface area contributed by atoms with Crippen LogP contribution in [-0.2, 0) is 14.8 Å². The molecule has 0 heterocycles. The van der Waals surface area contributed by atoms with Crippen molar-refractivity contribution in [1.82, 2.24) is 4.72 Å². The Morgan fingerprint density at radius 3 is 2.04 bits per heavy atom. The van der Waals surface area contributed by atoms with E-state index in [9.17, 15) is 18.0 Å². The van der Waals surface area contributed by atoms with Crippen molar-refractivity contribution in [1.29, 1.82) is 0 Å². The molecule has 0 saturated heterocycles. The summed E-state index contributed by atoms with van der Waals surface area (Å²) in [4.78, 5) is 22.8. The van der Waals surface area contributed by atoms with Gasteiger partial charge < -0.3 is 5.32 Å².